The second-order valence-corrected chi connectivity index (χ2v) is 9.89. The topological polar surface area (TPSA) is 9.86 Å². The van der Waals surface area contributed by atoms with Gasteiger partial charge in [-0.15, -0.1) is 0 Å². The third kappa shape index (κ3) is 2.87. The Kier molecular flexibility index (Phi) is 4.18. The number of rotatable bonds is 2. The smallest absolute Gasteiger partial charge is 0.0547 e. The van der Waals surface area contributed by atoms with Gasteiger partial charge in [-0.25, -0.2) is 0 Å². The van der Waals surface area contributed by atoms with Crippen molar-refractivity contribution in [1.29, 1.82) is 0 Å². The number of para-hydroxylation sites is 2. The van der Waals surface area contributed by atoms with E-state index in [2.05, 4.69) is 144 Å². The molecule has 2 nitrogen and oxygen atoms in total. The summed E-state index contributed by atoms with van der Waals surface area (Å²) in [5.74, 6) is 0. The molecule has 2 heteroatoms. The van der Waals surface area contributed by atoms with E-state index in [0.29, 0.717) is 0 Å². The molecule has 0 N–H and O–H groups in total. The van der Waals surface area contributed by atoms with E-state index in [1.807, 2.05) is 0 Å². The standard InChI is InChI=1S/C35H24N2/c1-36-31-19-17-24(21-30(31)35-27-12-6-5-9-23(27)16-20-33(35)36)25-15-18-29-28-13-7-8-14-32(28)37(34(29)22-25)26-10-3-2-4-11-26/h2-22H,1H3. The van der Waals surface area contributed by atoms with Gasteiger partial charge in [-0.3, -0.25) is 0 Å². The van der Waals surface area contributed by atoms with Crippen LogP contribution in [0.25, 0.3) is 71.2 Å². The summed E-state index contributed by atoms with van der Waals surface area (Å²) >= 11 is 0. The molecule has 0 atom stereocenters. The van der Waals surface area contributed by atoms with Gasteiger partial charge in [0.15, 0.2) is 0 Å². The van der Waals surface area contributed by atoms with E-state index in [0.717, 1.165) is 0 Å². The fraction of sp³-hybridized carbons (Fsp3) is 0.0286. The average molecular weight is 473 g/mol. The van der Waals surface area contributed by atoms with Crippen molar-refractivity contribution in [3.8, 4) is 16.8 Å². The lowest BCUT2D eigenvalue weighted by Crippen LogP contribution is -1.93. The Bertz CT molecular complexity index is 2140. The summed E-state index contributed by atoms with van der Waals surface area (Å²) < 4.78 is 4.70. The molecule has 0 aliphatic rings. The van der Waals surface area contributed by atoms with Crippen molar-refractivity contribution in [2.45, 2.75) is 0 Å². The molecular weight excluding hydrogens is 448 g/mol. The third-order valence-electron chi connectivity index (χ3n) is 7.92. The van der Waals surface area contributed by atoms with Crippen LogP contribution in [0.3, 0.4) is 0 Å². The van der Waals surface area contributed by atoms with Gasteiger partial charge in [0.1, 0.15) is 0 Å². The molecule has 37 heavy (non-hydrogen) atoms. The molecule has 0 radical (unpaired) electrons. The van der Waals surface area contributed by atoms with Crippen molar-refractivity contribution >= 4 is 54.4 Å². The van der Waals surface area contributed by atoms with Crippen molar-refractivity contribution in [1.82, 2.24) is 9.13 Å². The summed E-state index contributed by atoms with van der Waals surface area (Å²) in [5.41, 5.74) is 8.64. The largest absolute Gasteiger partial charge is 0.344 e. The molecular formula is C35H24N2. The van der Waals surface area contributed by atoms with Gasteiger partial charge < -0.3 is 9.13 Å². The normalized spacial score (nSPS) is 11.9. The lowest BCUT2D eigenvalue weighted by molar-refractivity contribution is 1.01. The van der Waals surface area contributed by atoms with Gasteiger partial charge in [-0.05, 0) is 64.4 Å². The highest BCUT2D eigenvalue weighted by atomic mass is 15.0. The first-order valence-corrected chi connectivity index (χ1v) is 12.8. The van der Waals surface area contributed by atoms with Crippen LogP contribution in [-0.2, 0) is 7.05 Å². The zero-order chi connectivity index (χ0) is 24.5. The molecule has 0 bridgehead atoms. The molecule has 8 aromatic rings. The van der Waals surface area contributed by atoms with Crippen LogP contribution in [0.4, 0.5) is 0 Å². The number of hydrogen-bond acceptors (Lipinski definition) is 0. The Labute approximate surface area is 214 Å². The number of aryl methyl sites for hydroxylation is 1. The van der Waals surface area contributed by atoms with Gasteiger partial charge in [-0.2, -0.15) is 0 Å². The minimum Gasteiger partial charge on any atom is -0.344 e. The van der Waals surface area contributed by atoms with Crippen LogP contribution in [0.5, 0.6) is 0 Å². The first kappa shape index (κ1) is 20.4. The molecule has 0 aliphatic carbocycles. The second-order valence-electron chi connectivity index (χ2n) is 9.89. The predicted molar refractivity (Wildman–Crippen MR) is 158 cm³/mol. The second kappa shape index (κ2) is 7.59. The van der Waals surface area contributed by atoms with Gasteiger partial charge in [-0.1, -0.05) is 84.9 Å². The molecule has 0 aliphatic heterocycles. The average Bonchev–Trinajstić information content (AvgIpc) is 3.45. The first-order valence-electron chi connectivity index (χ1n) is 12.8. The van der Waals surface area contributed by atoms with E-state index < -0.39 is 0 Å². The van der Waals surface area contributed by atoms with Crippen LogP contribution in [0.2, 0.25) is 0 Å². The Hall–Kier alpha value is -4.82. The van der Waals surface area contributed by atoms with E-state index in [4.69, 9.17) is 0 Å². The summed E-state index contributed by atoms with van der Waals surface area (Å²) in [5, 5.41) is 7.78. The van der Waals surface area contributed by atoms with E-state index in [9.17, 15) is 0 Å². The fourth-order valence-corrected chi connectivity index (χ4v) is 6.17. The zero-order valence-corrected chi connectivity index (χ0v) is 20.5. The molecule has 174 valence electrons. The molecule has 0 saturated heterocycles. The molecule has 0 fully saturated rings. The first-order chi connectivity index (χ1) is 18.3. The summed E-state index contributed by atoms with van der Waals surface area (Å²) in [6.07, 6.45) is 0. The molecule has 2 heterocycles. The van der Waals surface area contributed by atoms with Crippen LogP contribution < -0.4 is 0 Å². The SMILES string of the molecule is Cn1c2ccc(-c3ccc4c5ccccc5n(-c5ccccc5)c4c3)cc2c2c3ccccc3ccc21. The van der Waals surface area contributed by atoms with Gasteiger partial charge in [0.05, 0.1) is 11.0 Å². The highest BCUT2D eigenvalue weighted by molar-refractivity contribution is 6.21. The number of benzene rings is 6. The zero-order valence-electron chi connectivity index (χ0n) is 20.5. The summed E-state index contributed by atoms with van der Waals surface area (Å²) in [4.78, 5) is 0. The maximum atomic E-state index is 2.39. The lowest BCUT2D eigenvalue weighted by atomic mass is 9.99. The van der Waals surface area contributed by atoms with Crippen LogP contribution in [0, 0.1) is 0 Å². The molecule has 0 amide bonds. The predicted octanol–water partition coefficient (Wildman–Crippen LogP) is 9.25. The number of fused-ring (bicyclic) bond motifs is 8. The lowest BCUT2D eigenvalue weighted by Gasteiger charge is -2.09. The number of hydrogen-bond donors (Lipinski definition) is 0. The Balaban J connectivity index is 1.42. The van der Waals surface area contributed by atoms with E-state index in [1.165, 1.54) is 71.2 Å². The number of aromatic nitrogens is 2. The Morgan fingerprint density at radius 3 is 2.00 bits per heavy atom. The Morgan fingerprint density at radius 2 is 1.11 bits per heavy atom. The fourth-order valence-electron chi connectivity index (χ4n) is 6.17. The molecule has 0 spiro atoms. The molecule has 8 rings (SSSR count). The van der Waals surface area contributed by atoms with Gasteiger partial charge >= 0.3 is 0 Å². The van der Waals surface area contributed by atoms with E-state index in [1.54, 1.807) is 0 Å². The van der Waals surface area contributed by atoms with Crippen LogP contribution >= 0.6 is 0 Å². The van der Waals surface area contributed by atoms with Crippen molar-refractivity contribution in [3.05, 3.63) is 127 Å². The summed E-state index contributed by atoms with van der Waals surface area (Å²) in [6, 6.07) is 46.4. The van der Waals surface area contributed by atoms with Crippen molar-refractivity contribution in [2.24, 2.45) is 7.05 Å². The number of nitrogens with zero attached hydrogens (tertiary/aromatic N) is 2. The van der Waals surface area contributed by atoms with Crippen LogP contribution in [0.1, 0.15) is 0 Å². The summed E-state index contributed by atoms with van der Waals surface area (Å²) in [7, 11) is 2.17. The highest BCUT2D eigenvalue weighted by Crippen LogP contribution is 2.38. The molecule has 0 unspecified atom stereocenters. The van der Waals surface area contributed by atoms with E-state index >= 15 is 0 Å². The monoisotopic (exact) mass is 472 g/mol. The summed E-state index contributed by atoms with van der Waals surface area (Å²) in [6.45, 7) is 0. The Morgan fingerprint density at radius 1 is 0.432 bits per heavy atom. The van der Waals surface area contributed by atoms with Gasteiger partial charge in [0, 0.05) is 45.3 Å². The van der Waals surface area contributed by atoms with Crippen molar-refractivity contribution in [2.75, 3.05) is 0 Å². The minimum absolute atomic E-state index is 1.18. The van der Waals surface area contributed by atoms with Crippen LogP contribution in [-0.4, -0.2) is 9.13 Å². The van der Waals surface area contributed by atoms with Crippen LogP contribution in [0.15, 0.2) is 127 Å². The molecule has 2 aromatic heterocycles. The molecule has 6 aromatic carbocycles. The quantitative estimate of drug-likeness (QED) is 0.237. The highest BCUT2D eigenvalue weighted by Gasteiger charge is 2.15. The maximum absolute atomic E-state index is 2.39. The van der Waals surface area contributed by atoms with Crippen molar-refractivity contribution < 1.29 is 0 Å². The van der Waals surface area contributed by atoms with Crippen molar-refractivity contribution in [3.63, 3.8) is 0 Å². The van der Waals surface area contributed by atoms with Gasteiger partial charge in [0.25, 0.3) is 0 Å². The minimum atomic E-state index is 1.18. The van der Waals surface area contributed by atoms with E-state index in [-0.39, 0.29) is 0 Å². The molecule has 0 saturated carbocycles. The maximum Gasteiger partial charge on any atom is 0.0547 e. The van der Waals surface area contributed by atoms with Gasteiger partial charge in [0.2, 0.25) is 0 Å². The third-order valence-corrected chi connectivity index (χ3v) is 7.92.